The second-order valence-corrected chi connectivity index (χ2v) is 3.83. The van der Waals surface area contributed by atoms with Crippen molar-refractivity contribution in [3.63, 3.8) is 0 Å². The molecule has 0 aliphatic heterocycles. The number of carbonyl (C=O) groups is 1. The summed E-state index contributed by atoms with van der Waals surface area (Å²) in [5.41, 5.74) is 5.68. The number of hydrogen-bond acceptors (Lipinski definition) is 5. The Kier molecular flexibility index (Phi) is 3.73. The fraction of sp³-hybridized carbons (Fsp3) is 0.750. The lowest BCUT2D eigenvalue weighted by Crippen LogP contribution is -2.37. The minimum Gasteiger partial charge on any atom is -0.320 e. The van der Waals surface area contributed by atoms with Gasteiger partial charge in [-0.3, -0.25) is 10.1 Å². The van der Waals surface area contributed by atoms with Gasteiger partial charge < -0.3 is 5.73 Å². The standard InChI is InChI=1S/C8H16N6O/c1-5(2)4-6(9)7(15)10-8-11-13-14(3)12-8/h5-6H,4,9H2,1-3H3,(H,10,12,15)/t6-/m1/s1. The zero-order chi connectivity index (χ0) is 11.4. The highest BCUT2D eigenvalue weighted by atomic mass is 16.2. The van der Waals surface area contributed by atoms with Crippen LogP contribution >= 0.6 is 0 Å². The molecule has 7 nitrogen and oxygen atoms in total. The highest BCUT2D eigenvalue weighted by Crippen LogP contribution is 2.04. The van der Waals surface area contributed by atoms with Crippen LogP contribution in [0.4, 0.5) is 5.95 Å². The molecule has 0 radical (unpaired) electrons. The van der Waals surface area contributed by atoms with Gasteiger partial charge in [0.05, 0.1) is 13.1 Å². The molecular formula is C8H16N6O. The SMILES string of the molecule is CC(C)C[C@@H](N)C(=O)Nc1nnn(C)n1. The lowest BCUT2D eigenvalue weighted by Gasteiger charge is -2.11. The molecule has 0 bridgehead atoms. The molecule has 1 heterocycles. The predicted molar refractivity (Wildman–Crippen MR) is 54.9 cm³/mol. The number of carbonyl (C=O) groups excluding carboxylic acids is 1. The van der Waals surface area contributed by atoms with Gasteiger partial charge in [-0.1, -0.05) is 18.9 Å². The van der Waals surface area contributed by atoms with Crippen molar-refractivity contribution < 1.29 is 4.79 Å². The van der Waals surface area contributed by atoms with Crippen molar-refractivity contribution in [1.82, 2.24) is 20.2 Å². The van der Waals surface area contributed by atoms with Crippen LogP contribution in [0, 0.1) is 5.92 Å². The average Bonchev–Trinajstić information content (AvgIpc) is 2.50. The van der Waals surface area contributed by atoms with Crippen LogP contribution in [0.1, 0.15) is 20.3 Å². The second-order valence-electron chi connectivity index (χ2n) is 3.83. The van der Waals surface area contributed by atoms with E-state index in [2.05, 4.69) is 20.7 Å². The molecule has 1 rings (SSSR count). The van der Waals surface area contributed by atoms with Gasteiger partial charge in [0.15, 0.2) is 0 Å². The summed E-state index contributed by atoms with van der Waals surface area (Å²) in [6, 6.07) is -0.534. The van der Waals surface area contributed by atoms with Crippen molar-refractivity contribution in [3.8, 4) is 0 Å². The molecule has 0 aliphatic rings. The van der Waals surface area contributed by atoms with Gasteiger partial charge in [-0.2, -0.15) is 4.80 Å². The number of anilines is 1. The Morgan fingerprint density at radius 2 is 2.27 bits per heavy atom. The third kappa shape index (κ3) is 3.62. The number of nitrogens with one attached hydrogen (secondary N) is 1. The number of nitrogens with zero attached hydrogens (tertiary/aromatic N) is 4. The third-order valence-corrected chi connectivity index (χ3v) is 1.81. The van der Waals surface area contributed by atoms with E-state index < -0.39 is 6.04 Å². The Morgan fingerprint density at radius 1 is 1.60 bits per heavy atom. The van der Waals surface area contributed by atoms with Crippen molar-refractivity contribution in [2.75, 3.05) is 5.32 Å². The molecule has 15 heavy (non-hydrogen) atoms. The molecule has 0 fully saturated rings. The van der Waals surface area contributed by atoms with Crippen LogP contribution in [0.25, 0.3) is 0 Å². The maximum atomic E-state index is 11.5. The zero-order valence-electron chi connectivity index (χ0n) is 9.14. The van der Waals surface area contributed by atoms with Gasteiger partial charge in [-0.05, 0) is 17.6 Å². The summed E-state index contributed by atoms with van der Waals surface area (Å²) in [7, 11) is 1.62. The predicted octanol–water partition coefficient (Wildman–Crippen LogP) is -0.478. The lowest BCUT2D eigenvalue weighted by atomic mass is 10.0. The van der Waals surface area contributed by atoms with Crippen molar-refractivity contribution in [2.45, 2.75) is 26.3 Å². The van der Waals surface area contributed by atoms with E-state index in [9.17, 15) is 4.79 Å². The highest BCUT2D eigenvalue weighted by Gasteiger charge is 2.16. The van der Waals surface area contributed by atoms with Crippen molar-refractivity contribution in [2.24, 2.45) is 18.7 Å². The molecule has 1 aromatic rings. The molecule has 0 aliphatic carbocycles. The number of hydrogen-bond donors (Lipinski definition) is 2. The van der Waals surface area contributed by atoms with E-state index in [4.69, 9.17) is 5.73 Å². The molecule has 1 amide bonds. The van der Waals surface area contributed by atoms with Crippen molar-refractivity contribution in [3.05, 3.63) is 0 Å². The first-order valence-electron chi connectivity index (χ1n) is 4.79. The Bertz CT molecular complexity index is 334. The Morgan fingerprint density at radius 3 is 2.73 bits per heavy atom. The molecular weight excluding hydrogens is 196 g/mol. The van der Waals surface area contributed by atoms with Crippen LogP contribution in [-0.4, -0.2) is 32.2 Å². The molecule has 1 aromatic heterocycles. The Hall–Kier alpha value is -1.50. The van der Waals surface area contributed by atoms with Crippen molar-refractivity contribution in [1.29, 1.82) is 0 Å². The first kappa shape index (κ1) is 11.6. The number of nitrogens with two attached hydrogens (primary N) is 1. The quantitative estimate of drug-likeness (QED) is 0.702. The van der Waals surface area contributed by atoms with E-state index in [1.807, 2.05) is 13.8 Å². The molecule has 0 saturated heterocycles. The summed E-state index contributed by atoms with van der Waals surface area (Å²) in [5.74, 6) is 0.277. The minimum atomic E-state index is -0.534. The molecule has 84 valence electrons. The summed E-state index contributed by atoms with van der Waals surface area (Å²) in [5, 5.41) is 13.5. The number of tetrazole rings is 1. The molecule has 0 spiro atoms. The van der Waals surface area contributed by atoms with E-state index in [-0.39, 0.29) is 11.9 Å². The number of rotatable bonds is 4. The van der Waals surface area contributed by atoms with Crippen LogP contribution in [0.2, 0.25) is 0 Å². The van der Waals surface area contributed by atoms with Gasteiger partial charge in [-0.15, -0.1) is 5.10 Å². The monoisotopic (exact) mass is 212 g/mol. The molecule has 0 aromatic carbocycles. The molecule has 1 atom stereocenters. The highest BCUT2D eigenvalue weighted by molar-refractivity contribution is 5.93. The smallest absolute Gasteiger partial charge is 0.270 e. The maximum Gasteiger partial charge on any atom is 0.270 e. The number of amides is 1. The minimum absolute atomic E-state index is 0.182. The van der Waals surface area contributed by atoms with Gasteiger partial charge >= 0.3 is 0 Å². The number of aromatic nitrogens is 4. The fourth-order valence-electron chi connectivity index (χ4n) is 1.15. The van der Waals surface area contributed by atoms with Crippen LogP contribution in [0.5, 0.6) is 0 Å². The topological polar surface area (TPSA) is 98.7 Å². The van der Waals surface area contributed by atoms with Crippen LogP contribution in [0.15, 0.2) is 0 Å². The Balaban J connectivity index is 2.48. The second kappa shape index (κ2) is 4.83. The van der Waals surface area contributed by atoms with Gasteiger partial charge in [0, 0.05) is 0 Å². The van der Waals surface area contributed by atoms with E-state index in [1.54, 1.807) is 7.05 Å². The van der Waals surface area contributed by atoms with Crippen LogP contribution in [-0.2, 0) is 11.8 Å². The van der Waals surface area contributed by atoms with Crippen molar-refractivity contribution >= 4 is 11.9 Å². The van der Waals surface area contributed by atoms with Gasteiger partial charge in [0.25, 0.3) is 5.95 Å². The van der Waals surface area contributed by atoms with E-state index in [0.717, 1.165) is 0 Å². The lowest BCUT2D eigenvalue weighted by molar-refractivity contribution is -0.117. The maximum absolute atomic E-state index is 11.5. The first-order valence-corrected chi connectivity index (χ1v) is 4.79. The largest absolute Gasteiger partial charge is 0.320 e. The first-order chi connectivity index (χ1) is 6.99. The van der Waals surface area contributed by atoms with Crippen LogP contribution in [0.3, 0.4) is 0 Å². The third-order valence-electron chi connectivity index (χ3n) is 1.81. The van der Waals surface area contributed by atoms with Crippen LogP contribution < -0.4 is 11.1 Å². The van der Waals surface area contributed by atoms with Gasteiger partial charge in [0.2, 0.25) is 5.91 Å². The molecule has 7 heteroatoms. The van der Waals surface area contributed by atoms with Gasteiger partial charge in [-0.25, -0.2) is 0 Å². The normalized spacial score (nSPS) is 12.9. The van der Waals surface area contributed by atoms with E-state index in [1.165, 1.54) is 4.80 Å². The summed E-state index contributed by atoms with van der Waals surface area (Å²) < 4.78 is 0. The summed E-state index contributed by atoms with van der Waals surface area (Å²) in [4.78, 5) is 12.8. The zero-order valence-corrected chi connectivity index (χ0v) is 9.14. The summed E-state index contributed by atoms with van der Waals surface area (Å²) in [6.07, 6.45) is 0.631. The summed E-state index contributed by atoms with van der Waals surface area (Å²) in [6.45, 7) is 4.02. The Labute approximate surface area is 88.0 Å². The summed E-state index contributed by atoms with van der Waals surface area (Å²) >= 11 is 0. The molecule has 0 saturated carbocycles. The number of aryl methyl sites for hydroxylation is 1. The molecule has 0 unspecified atom stereocenters. The fourth-order valence-corrected chi connectivity index (χ4v) is 1.15. The van der Waals surface area contributed by atoms with E-state index in [0.29, 0.717) is 12.3 Å². The molecule has 3 N–H and O–H groups in total. The van der Waals surface area contributed by atoms with E-state index >= 15 is 0 Å². The average molecular weight is 212 g/mol. The van der Waals surface area contributed by atoms with Gasteiger partial charge in [0.1, 0.15) is 0 Å².